The van der Waals surface area contributed by atoms with Gasteiger partial charge in [0.05, 0.1) is 4.47 Å². The molecule has 0 aromatic heterocycles. The molecule has 0 unspecified atom stereocenters. The van der Waals surface area contributed by atoms with Gasteiger partial charge in [-0.15, -0.1) is 0 Å². The predicted molar refractivity (Wildman–Crippen MR) is 68.5 cm³/mol. The molecule has 2 aromatic carbocycles. The van der Waals surface area contributed by atoms with E-state index in [1.54, 1.807) is 30.3 Å². The van der Waals surface area contributed by atoms with Gasteiger partial charge in [-0.25, -0.2) is 8.78 Å². The third kappa shape index (κ3) is 2.64. The minimum atomic E-state index is -0.723. The number of benzene rings is 2. The van der Waals surface area contributed by atoms with Crippen molar-refractivity contribution < 1.29 is 13.6 Å². The Bertz CT molecular complexity index is 582. The third-order valence-corrected chi connectivity index (χ3v) is 3.29. The van der Waals surface area contributed by atoms with E-state index in [1.165, 1.54) is 6.07 Å². The van der Waals surface area contributed by atoms with Crippen LogP contribution in [0.3, 0.4) is 0 Å². The number of Topliss-reactive ketones (excluding diaryl/α,β-unsaturated/α-hetero) is 1. The smallest absolute Gasteiger partial charge is 0.167 e. The molecule has 2 aromatic rings. The fraction of sp³-hybridized carbons (Fsp3) is 0.0714. The minimum absolute atomic E-state index is 0.0886. The van der Waals surface area contributed by atoms with Crippen LogP contribution in [-0.2, 0) is 6.42 Å². The molecular formula is C14H9BrF2O. The van der Waals surface area contributed by atoms with Crippen LogP contribution in [0.25, 0.3) is 0 Å². The van der Waals surface area contributed by atoms with Gasteiger partial charge in [0.1, 0.15) is 11.6 Å². The van der Waals surface area contributed by atoms with E-state index in [2.05, 4.69) is 15.9 Å². The second kappa shape index (κ2) is 5.40. The molecule has 0 bridgehead atoms. The van der Waals surface area contributed by atoms with Crippen LogP contribution in [0.5, 0.6) is 0 Å². The number of rotatable bonds is 3. The third-order valence-electron chi connectivity index (χ3n) is 2.56. The van der Waals surface area contributed by atoms with E-state index in [0.717, 1.165) is 6.07 Å². The van der Waals surface area contributed by atoms with Gasteiger partial charge in [-0.3, -0.25) is 4.79 Å². The number of carbonyl (C=O) groups excluding carboxylic acids is 1. The molecule has 0 amide bonds. The molecule has 0 heterocycles. The van der Waals surface area contributed by atoms with Gasteiger partial charge in [-0.05, 0) is 27.6 Å². The fourth-order valence-corrected chi connectivity index (χ4v) is 1.99. The van der Waals surface area contributed by atoms with E-state index in [9.17, 15) is 13.6 Å². The van der Waals surface area contributed by atoms with E-state index >= 15 is 0 Å². The summed E-state index contributed by atoms with van der Waals surface area (Å²) in [6, 6.07) is 11.0. The topological polar surface area (TPSA) is 17.1 Å². The Balaban J connectivity index is 2.26. The second-order valence-corrected chi connectivity index (χ2v) is 4.59. The van der Waals surface area contributed by atoms with Crippen molar-refractivity contribution in [2.75, 3.05) is 0 Å². The Labute approximate surface area is 112 Å². The fourth-order valence-electron chi connectivity index (χ4n) is 1.60. The van der Waals surface area contributed by atoms with E-state index in [-0.39, 0.29) is 22.2 Å². The molecule has 1 nitrogen and oxygen atoms in total. The highest BCUT2D eigenvalue weighted by Crippen LogP contribution is 2.23. The van der Waals surface area contributed by atoms with Crippen molar-refractivity contribution in [3.05, 3.63) is 69.7 Å². The van der Waals surface area contributed by atoms with Crippen LogP contribution in [0.2, 0.25) is 0 Å². The molecular weight excluding hydrogens is 302 g/mol. The first-order valence-electron chi connectivity index (χ1n) is 5.30. The Morgan fingerprint density at radius 2 is 1.72 bits per heavy atom. The maximum absolute atomic E-state index is 13.7. The molecule has 2 rings (SSSR count). The lowest BCUT2D eigenvalue weighted by Gasteiger charge is -2.05. The first-order valence-corrected chi connectivity index (χ1v) is 6.09. The lowest BCUT2D eigenvalue weighted by molar-refractivity contribution is 0.0991. The van der Waals surface area contributed by atoms with Gasteiger partial charge in [0, 0.05) is 12.0 Å². The Kier molecular flexibility index (Phi) is 3.87. The molecule has 0 aliphatic carbocycles. The molecule has 0 spiro atoms. The highest BCUT2D eigenvalue weighted by atomic mass is 79.9. The maximum Gasteiger partial charge on any atom is 0.167 e. The van der Waals surface area contributed by atoms with Gasteiger partial charge >= 0.3 is 0 Å². The first-order chi connectivity index (χ1) is 8.59. The van der Waals surface area contributed by atoms with Crippen molar-refractivity contribution in [1.29, 1.82) is 0 Å². The molecule has 4 heteroatoms. The van der Waals surface area contributed by atoms with Crippen molar-refractivity contribution in [1.82, 2.24) is 0 Å². The highest BCUT2D eigenvalue weighted by molar-refractivity contribution is 9.10. The summed E-state index contributed by atoms with van der Waals surface area (Å²) < 4.78 is 26.5. The summed E-state index contributed by atoms with van der Waals surface area (Å²) >= 11 is 2.81. The van der Waals surface area contributed by atoms with E-state index < -0.39 is 11.6 Å². The van der Waals surface area contributed by atoms with Crippen LogP contribution >= 0.6 is 15.9 Å². The molecule has 0 saturated heterocycles. The normalized spacial score (nSPS) is 10.4. The molecule has 18 heavy (non-hydrogen) atoms. The molecule has 0 aliphatic heterocycles. The van der Waals surface area contributed by atoms with Gasteiger partial charge < -0.3 is 0 Å². The molecule has 0 aliphatic rings. The van der Waals surface area contributed by atoms with Gasteiger partial charge in [0.25, 0.3) is 0 Å². The van der Waals surface area contributed by atoms with Crippen LogP contribution in [0.15, 0.2) is 46.9 Å². The number of carbonyl (C=O) groups is 1. The maximum atomic E-state index is 13.7. The summed E-state index contributed by atoms with van der Waals surface area (Å²) in [5.74, 6) is -1.60. The largest absolute Gasteiger partial charge is 0.294 e. The van der Waals surface area contributed by atoms with E-state index in [0.29, 0.717) is 5.56 Å². The van der Waals surface area contributed by atoms with Gasteiger partial charge in [0.15, 0.2) is 5.78 Å². The second-order valence-electron chi connectivity index (χ2n) is 3.80. The van der Waals surface area contributed by atoms with Crippen LogP contribution < -0.4 is 0 Å². The molecule has 0 N–H and O–H groups in total. The summed E-state index contributed by atoms with van der Waals surface area (Å²) in [7, 11) is 0. The average molecular weight is 311 g/mol. The Morgan fingerprint density at radius 3 is 2.39 bits per heavy atom. The van der Waals surface area contributed by atoms with E-state index in [1.807, 2.05) is 0 Å². The van der Waals surface area contributed by atoms with Gasteiger partial charge in [-0.2, -0.15) is 0 Å². The van der Waals surface area contributed by atoms with Crippen LogP contribution in [-0.4, -0.2) is 5.78 Å². The zero-order valence-corrected chi connectivity index (χ0v) is 10.9. The Morgan fingerprint density at radius 1 is 1.06 bits per heavy atom. The molecule has 0 saturated carbocycles. The van der Waals surface area contributed by atoms with Crippen molar-refractivity contribution in [3.8, 4) is 0 Å². The lowest BCUT2D eigenvalue weighted by atomic mass is 10.0. The standard InChI is InChI=1S/C14H9BrF2O/c15-13-11(16)7-6-10(14(13)17)8-12(18)9-4-2-1-3-5-9/h1-7H,8H2. The number of hydrogen-bond donors (Lipinski definition) is 0. The zero-order valence-electron chi connectivity index (χ0n) is 9.29. The number of hydrogen-bond acceptors (Lipinski definition) is 1. The predicted octanol–water partition coefficient (Wildman–Crippen LogP) is 4.15. The lowest BCUT2D eigenvalue weighted by Crippen LogP contribution is -2.05. The van der Waals surface area contributed by atoms with Crippen molar-refractivity contribution in [3.63, 3.8) is 0 Å². The van der Waals surface area contributed by atoms with Crippen LogP contribution in [0, 0.1) is 11.6 Å². The van der Waals surface area contributed by atoms with Crippen molar-refractivity contribution >= 4 is 21.7 Å². The quantitative estimate of drug-likeness (QED) is 0.615. The van der Waals surface area contributed by atoms with E-state index in [4.69, 9.17) is 0 Å². The summed E-state index contributed by atoms with van der Waals surface area (Å²) in [4.78, 5) is 11.9. The monoisotopic (exact) mass is 310 g/mol. The summed E-state index contributed by atoms with van der Waals surface area (Å²) in [6.45, 7) is 0. The van der Waals surface area contributed by atoms with Crippen LogP contribution in [0.1, 0.15) is 15.9 Å². The number of halogens is 3. The van der Waals surface area contributed by atoms with Gasteiger partial charge in [0.2, 0.25) is 0 Å². The molecule has 0 atom stereocenters. The van der Waals surface area contributed by atoms with Crippen molar-refractivity contribution in [2.45, 2.75) is 6.42 Å². The van der Waals surface area contributed by atoms with Gasteiger partial charge in [-0.1, -0.05) is 36.4 Å². The molecule has 92 valence electrons. The zero-order chi connectivity index (χ0) is 13.1. The SMILES string of the molecule is O=C(Cc1ccc(F)c(Br)c1F)c1ccccc1. The van der Waals surface area contributed by atoms with Crippen LogP contribution in [0.4, 0.5) is 8.78 Å². The minimum Gasteiger partial charge on any atom is -0.294 e. The first kappa shape index (κ1) is 12.9. The average Bonchev–Trinajstić information content (AvgIpc) is 2.40. The molecule has 0 fully saturated rings. The Hall–Kier alpha value is -1.55. The highest BCUT2D eigenvalue weighted by Gasteiger charge is 2.14. The van der Waals surface area contributed by atoms with Crippen molar-refractivity contribution in [2.24, 2.45) is 0 Å². The molecule has 0 radical (unpaired) electrons. The summed E-state index contributed by atoms with van der Waals surface area (Å²) in [5.41, 5.74) is 0.689. The summed E-state index contributed by atoms with van der Waals surface area (Å²) in [5, 5.41) is 0. The summed E-state index contributed by atoms with van der Waals surface area (Å²) in [6.07, 6.45) is -0.0886. The number of ketones is 1.